The molecule has 0 unspecified atom stereocenters. The Morgan fingerprint density at radius 2 is 1.76 bits per heavy atom. The zero-order valence-electron chi connectivity index (χ0n) is 11.1. The molecule has 1 aromatic heterocycles. The van der Waals surface area contributed by atoms with Gasteiger partial charge in [-0.1, -0.05) is 36.4 Å². The number of nitrogens with two attached hydrogens (primary N) is 1. The Morgan fingerprint density at radius 3 is 2.52 bits per heavy atom. The van der Waals surface area contributed by atoms with Gasteiger partial charge in [-0.2, -0.15) is 8.42 Å². The average molecular weight is 302 g/mol. The van der Waals surface area contributed by atoms with Crippen molar-refractivity contribution in [3.63, 3.8) is 0 Å². The van der Waals surface area contributed by atoms with Crippen LogP contribution in [0.1, 0.15) is 5.76 Å². The fraction of sp³-hybridized carbons (Fsp3) is 0.0667. The number of nitrogens with one attached hydrogen (secondary N) is 1. The maximum absolute atomic E-state index is 12.3. The molecule has 2 aromatic carbocycles. The topological polar surface area (TPSA) is 85.3 Å². The quantitative estimate of drug-likeness (QED) is 0.776. The smallest absolute Gasteiger partial charge is 0.295 e. The van der Waals surface area contributed by atoms with Gasteiger partial charge in [0.15, 0.2) is 0 Å². The van der Waals surface area contributed by atoms with Gasteiger partial charge >= 0.3 is 0 Å². The lowest BCUT2D eigenvalue weighted by Gasteiger charge is -2.09. The minimum absolute atomic E-state index is 0.143. The highest BCUT2D eigenvalue weighted by atomic mass is 32.2. The largest absolute Gasteiger partial charge is 0.446 e. The van der Waals surface area contributed by atoms with Crippen LogP contribution in [0.3, 0.4) is 0 Å². The summed E-state index contributed by atoms with van der Waals surface area (Å²) < 4.78 is 32.4. The van der Waals surface area contributed by atoms with Gasteiger partial charge in [0.05, 0.1) is 12.2 Å². The fourth-order valence-corrected chi connectivity index (χ4v) is 3.15. The van der Waals surface area contributed by atoms with Gasteiger partial charge in [-0.3, -0.25) is 4.72 Å². The second kappa shape index (κ2) is 5.23. The molecule has 0 radical (unpaired) electrons. The molecule has 0 atom stereocenters. The van der Waals surface area contributed by atoms with Gasteiger partial charge in [0.2, 0.25) is 5.09 Å². The van der Waals surface area contributed by atoms with Crippen LogP contribution in [0, 0.1) is 0 Å². The third-order valence-electron chi connectivity index (χ3n) is 3.14. The molecule has 6 heteroatoms. The molecule has 0 saturated heterocycles. The first-order valence-electron chi connectivity index (χ1n) is 6.39. The van der Waals surface area contributed by atoms with E-state index >= 15 is 0 Å². The number of hydrogen-bond donors (Lipinski definition) is 2. The van der Waals surface area contributed by atoms with Crippen LogP contribution in [-0.2, 0) is 16.6 Å². The van der Waals surface area contributed by atoms with Crippen molar-refractivity contribution in [2.45, 2.75) is 11.6 Å². The van der Waals surface area contributed by atoms with Crippen LogP contribution in [0.15, 0.2) is 64.1 Å². The molecule has 0 bridgehead atoms. The molecule has 0 spiro atoms. The van der Waals surface area contributed by atoms with E-state index in [1.165, 1.54) is 6.07 Å². The van der Waals surface area contributed by atoms with Gasteiger partial charge in [0.25, 0.3) is 10.0 Å². The first-order chi connectivity index (χ1) is 10.1. The van der Waals surface area contributed by atoms with Crippen LogP contribution >= 0.6 is 0 Å². The number of hydrogen-bond acceptors (Lipinski definition) is 4. The molecular formula is C15H14N2O3S. The minimum Gasteiger partial charge on any atom is -0.446 e. The monoisotopic (exact) mass is 302 g/mol. The van der Waals surface area contributed by atoms with Crippen LogP contribution in [0.25, 0.3) is 10.8 Å². The lowest BCUT2D eigenvalue weighted by molar-refractivity contribution is 0.417. The highest BCUT2D eigenvalue weighted by Gasteiger charge is 2.19. The average Bonchev–Trinajstić information content (AvgIpc) is 2.97. The van der Waals surface area contributed by atoms with Crippen molar-refractivity contribution in [3.8, 4) is 0 Å². The molecule has 0 amide bonds. The van der Waals surface area contributed by atoms with E-state index in [2.05, 4.69) is 4.72 Å². The molecule has 0 aliphatic rings. The number of anilines is 1. The molecule has 0 fully saturated rings. The lowest BCUT2D eigenvalue weighted by Crippen LogP contribution is -2.12. The van der Waals surface area contributed by atoms with Crippen molar-refractivity contribution >= 4 is 26.5 Å². The second-order valence-corrected chi connectivity index (χ2v) is 6.17. The van der Waals surface area contributed by atoms with Crippen molar-refractivity contribution in [2.24, 2.45) is 5.73 Å². The van der Waals surface area contributed by atoms with E-state index in [4.69, 9.17) is 10.2 Å². The number of rotatable bonds is 4. The van der Waals surface area contributed by atoms with Gasteiger partial charge in [-0.05, 0) is 23.6 Å². The van der Waals surface area contributed by atoms with Crippen molar-refractivity contribution in [2.75, 3.05) is 4.72 Å². The maximum atomic E-state index is 12.3. The van der Waals surface area contributed by atoms with Crippen LogP contribution in [0.5, 0.6) is 0 Å². The van der Waals surface area contributed by atoms with E-state index < -0.39 is 10.0 Å². The summed E-state index contributed by atoms with van der Waals surface area (Å²) in [5.41, 5.74) is 5.94. The van der Waals surface area contributed by atoms with Crippen LogP contribution in [0.2, 0.25) is 0 Å². The van der Waals surface area contributed by atoms with E-state index in [0.717, 1.165) is 10.8 Å². The van der Waals surface area contributed by atoms with Gasteiger partial charge in [0.1, 0.15) is 5.76 Å². The molecule has 1 heterocycles. The van der Waals surface area contributed by atoms with E-state index in [0.29, 0.717) is 11.4 Å². The first-order valence-corrected chi connectivity index (χ1v) is 7.88. The Morgan fingerprint density at radius 1 is 1.00 bits per heavy atom. The number of sulfonamides is 1. The van der Waals surface area contributed by atoms with Crippen LogP contribution in [0.4, 0.5) is 5.69 Å². The molecule has 21 heavy (non-hydrogen) atoms. The molecular weight excluding hydrogens is 288 g/mol. The van der Waals surface area contributed by atoms with Gasteiger partial charge in [-0.15, -0.1) is 0 Å². The Hall–Kier alpha value is -2.31. The number of fused-ring (bicyclic) bond motifs is 1. The predicted octanol–water partition coefficient (Wildman–Crippen LogP) is 2.69. The molecule has 108 valence electrons. The summed E-state index contributed by atoms with van der Waals surface area (Å²) >= 11 is 0. The van der Waals surface area contributed by atoms with Crippen molar-refractivity contribution in [1.29, 1.82) is 0 Å². The molecule has 3 N–H and O–H groups in total. The van der Waals surface area contributed by atoms with Crippen LogP contribution in [-0.4, -0.2) is 8.42 Å². The van der Waals surface area contributed by atoms with E-state index in [1.807, 2.05) is 30.3 Å². The highest BCUT2D eigenvalue weighted by Crippen LogP contribution is 2.26. The zero-order chi connectivity index (χ0) is 14.9. The molecule has 3 aromatic rings. The van der Waals surface area contributed by atoms with E-state index in [1.54, 1.807) is 18.2 Å². The second-order valence-electron chi connectivity index (χ2n) is 4.56. The Labute approximate surface area is 122 Å². The SMILES string of the molecule is NCc1ccc(S(=O)(=O)Nc2cccc3ccccc23)o1. The highest BCUT2D eigenvalue weighted by molar-refractivity contribution is 7.92. The molecule has 3 rings (SSSR count). The number of benzene rings is 2. The summed E-state index contributed by atoms with van der Waals surface area (Å²) in [5, 5.41) is 1.64. The van der Waals surface area contributed by atoms with Gasteiger partial charge in [0, 0.05) is 5.39 Å². The minimum atomic E-state index is -3.77. The lowest BCUT2D eigenvalue weighted by atomic mass is 10.1. The Kier molecular flexibility index (Phi) is 3.40. The molecule has 5 nitrogen and oxygen atoms in total. The maximum Gasteiger partial charge on any atom is 0.295 e. The standard InChI is InChI=1S/C15H14N2O3S/c16-10-12-8-9-15(20-12)21(18,19)17-14-7-3-5-11-4-1-2-6-13(11)14/h1-9,17H,10,16H2. The molecule has 0 aliphatic carbocycles. The summed E-state index contributed by atoms with van der Waals surface area (Å²) in [5.74, 6) is 0.424. The summed E-state index contributed by atoms with van der Waals surface area (Å²) in [7, 11) is -3.77. The van der Waals surface area contributed by atoms with Crippen molar-refractivity contribution < 1.29 is 12.8 Å². The molecule has 0 aliphatic heterocycles. The summed E-state index contributed by atoms with van der Waals surface area (Å²) in [6, 6.07) is 15.9. The zero-order valence-corrected chi connectivity index (χ0v) is 11.9. The molecule has 0 saturated carbocycles. The van der Waals surface area contributed by atoms with Crippen molar-refractivity contribution in [3.05, 3.63) is 60.4 Å². The van der Waals surface area contributed by atoms with Gasteiger partial charge in [-0.25, -0.2) is 0 Å². The summed E-state index contributed by atoms with van der Waals surface area (Å²) in [6.45, 7) is 0.157. The third kappa shape index (κ3) is 2.63. The van der Waals surface area contributed by atoms with E-state index in [9.17, 15) is 8.42 Å². The summed E-state index contributed by atoms with van der Waals surface area (Å²) in [4.78, 5) is 0. The normalized spacial score (nSPS) is 11.7. The van der Waals surface area contributed by atoms with E-state index in [-0.39, 0.29) is 11.6 Å². The Balaban J connectivity index is 2.01. The Bertz CT molecular complexity index is 879. The fourth-order valence-electron chi connectivity index (χ4n) is 2.12. The number of furan rings is 1. The summed E-state index contributed by atoms with van der Waals surface area (Å²) in [6.07, 6.45) is 0. The van der Waals surface area contributed by atoms with Crippen LogP contribution < -0.4 is 10.5 Å². The van der Waals surface area contributed by atoms with Gasteiger partial charge < -0.3 is 10.2 Å². The first kappa shape index (κ1) is 13.7. The predicted molar refractivity (Wildman–Crippen MR) is 81.4 cm³/mol. The van der Waals surface area contributed by atoms with Crippen molar-refractivity contribution in [1.82, 2.24) is 0 Å². The third-order valence-corrected chi connectivity index (χ3v) is 4.37.